The summed E-state index contributed by atoms with van der Waals surface area (Å²) in [6, 6.07) is 3.15. The highest BCUT2D eigenvalue weighted by Gasteiger charge is 2.08. The molecule has 0 saturated heterocycles. The van der Waals surface area contributed by atoms with Gasteiger partial charge in [0.1, 0.15) is 0 Å². The lowest BCUT2D eigenvalue weighted by Gasteiger charge is -2.05. The van der Waals surface area contributed by atoms with Crippen molar-refractivity contribution in [3.8, 4) is 0 Å². The maximum absolute atomic E-state index is 11.4. The van der Waals surface area contributed by atoms with Crippen LogP contribution >= 0.6 is 0 Å². The van der Waals surface area contributed by atoms with E-state index in [0.29, 0.717) is 6.42 Å². The normalized spacial score (nSPS) is 10.1. The molecule has 1 aromatic heterocycles. The summed E-state index contributed by atoms with van der Waals surface area (Å²) in [4.78, 5) is 22.8. The lowest BCUT2D eigenvalue weighted by molar-refractivity contribution is -0.122. The molecule has 2 N–H and O–H groups in total. The van der Waals surface area contributed by atoms with Gasteiger partial charge in [0.05, 0.1) is 6.26 Å². The largest absolute Gasteiger partial charge is 0.459 e. The number of hydrogen-bond donors (Lipinski definition) is 2. The fourth-order valence-corrected chi connectivity index (χ4v) is 1.55. The fraction of sp³-hybridized carbons (Fsp3) is 0.538. The summed E-state index contributed by atoms with van der Waals surface area (Å²) in [5.41, 5.74) is 4.67. The van der Waals surface area contributed by atoms with Gasteiger partial charge in [-0.05, 0) is 18.6 Å². The Balaban J connectivity index is 2.08. The second-order valence-electron chi connectivity index (χ2n) is 4.14. The molecule has 0 atom stereocenters. The van der Waals surface area contributed by atoms with Gasteiger partial charge in [-0.3, -0.25) is 20.4 Å². The van der Waals surface area contributed by atoms with Gasteiger partial charge < -0.3 is 4.42 Å². The van der Waals surface area contributed by atoms with E-state index in [0.717, 1.165) is 19.3 Å². The number of carbonyl (C=O) groups is 2. The Morgan fingerprint density at radius 1 is 1.17 bits per heavy atom. The smallest absolute Gasteiger partial charge is 0.305 e. The first-order valence-electron chi connectivity index (χ1n) is 6.36. The van der Waals surface area contributed by atoms with Crippen molar-refractivity contribution < 1.29 is 14.0 Å². The molecule has 1 aromatic rings. The zero-order valence-electron chi connectivity index (χ0n) is 10.7. The van der Waals surface area contributed by atoms with Gasteiger partial charge in [-0.1, -0.05) is 32.6 Å². The van der Waals surface area contributed by atoms with E-state index in [9.17, 15) is 9.59 Å². The number of furan rings is 1. The van der Waals surface area contributed by atoms with E-state index in [-0.39, 0.29) is 11.7 Å². The summed E-state index contributed by atoms with van der Waals surface area (Å²) in [7, 11) is 0. The van der Waals surface area contributed by atoms with Gasteiger partial charge in [0.25, 0.3) is 0 Å². The molecule has 5 nitrogen and oxygen atoms in total. The highest BCUT2D eigenvalue weighted by atomic mass is 16.3. The minimum absolute atomic E-state index is 0.175. The summed E-state index contributed by atoms with van der Waals surface area (Å²) in [6.07, 6.45) is 7.28. The molecule has 18 heavy (non-hydrogen) atoms. The molecule has 2 amide bonds. The average Bonchev–Trinajstić information content (AvgIpc) is 2.89. The number of nitrogens with one attached hydrogen (secondary N) is 2. The molecule has 0 fully saturated rings. The lowest BCUT2D eigenvalue weighted by Crippen LogP contribution is -2.41. The van der Waals surface area contributed by atoms with Crippen LogP contribution in [-0.4, -0.2) is 11.8 Å². The van der Waals surface area contributed by atoms with Gasteiger partial charge in [0.2, 0.25) is 5.91 Å². The fourth-order valence-electron chi connectivity index (χ4n) is 1.55. The first kappa shape index (κ1) is 14.3. The van der Waals surface area contributed by atoms with E-state index in [1.807, 2.05) is 0 Å². The van der Waals surface area contributed by atoms with Crippen molar-refractivity contribution in [1.29, 1.82) is 0 Å². The van der Waals surface area contributed by atoms with Gasteiger partial charge in [0, 0.05) is 6.42 Å². The molecular formula is C13H20N2O3. The number of hydrazine groups is 1. The zero-order valence-corrected chi connectivity index (χ0v) is 10.7. The number of rotatable bonds is 7. The molecule has 0 aliphatic carbocycles. The minimum atomic E-state index is -0.445. The maximum Gasteiger partial charge on any atom is 0.305 e. The van der Waals surface area contributed by atoms with E-state index in [4.69, 9.17) is 4.42 Å². The van der Waals surface area contributed by atoms with Crippen LogP contribution in [0.4, 0.5) is 0 Å². The van der Waals surface area contributed by atoms with Gasteiger partial charge >= 0.3 is 5.91 Å². The molecule has 0 saturated carbocycles. The minimum Gasteiger partial charge on any atom is -0.459 e. The predicted molar refractivity (Wildman–Crippen MR) is 67.7 cm³/mol. The van der Waals surface area contributed by atoms with Crippen LogP contribution in [0.15, 0.2) is 22.8 Å². The lowest BCUT2D eigenvalue weighted by atomic mass is 10.1. The summed E-state index contributed by atoms with van der Waals surface area (Å²) in [6.45, 7) is 2.15. The Morgan fingerprint density at radius 3 is 2.61 bits per heavy atom. The molecule has 0 radical (unpaired) electrons. The van der Waals surface area contributed by atoms with E-state index >= 15 is 0 Å². The van der Waals surface area contributed by atoms with Crippen molar-refractivity contribution in [3.05, 3.63) is 24.2 Å². The Hall–Kier alpha value is -1.78. The van der Waals surface area contributed by atoms with E-state index in [1.54, 1.807) is 6.07 Å². The van der Waals surface area contributed by atoms with Crippen molar-refractivity contribution in [2.75, 3.05) is 0 Å². The standard InChI is InChI=1S/C13H20N2O3/c1-2-3-4-5-6-9-12(16)14-15-13(17)11-8-7-10-18-11/h7-8,10H,2-6,9H2,1H3,(H,14,16)(H,15,17). The molecule has 0 aromatic carbocycles. The SMILES string of the molecule is CCCCCCCC(=O)NNC(=O)c1ccco1. The van der Waals surface area contributed by atoms with Crippen LogP contribution < -0.4 is 10.9 Å². The number of amides is 2. The summed E-state index contributed by atoms with van der Waals surface area (Å²) in [5.74, 6) is -0.441. The second kappa shape index (κ2) is 8.33. The van der Waals surface area contributed by atoms with E-state index in [2.05, 4.69) is 17.8 Å². The first-order chi connectivity index (χ1) is 8.74. The number of carbonyl (C=O) groups excluding carboxylic acids is 2. The van der Waals surface area contributed by atoms with E-state index in [1.165, 1.54) is 25.2 Å². The number of unbranched alkanes of at least 4 members (excludes halogenated alkanes) is 4. The van der Waals surface area contributed by atoms with Gasteiger partial charge in [-0.15, -0.1) is 0 Å². The van der Waals surface area contributed by atoms with Crippen molar-refractivity contribution in [2.24, 2.45) is 0 Å². The van der Waals surface area contributed by atoms with E-state index < -0.39 is 5.91 Å². The predicted octanol–water partition coefficient (Wildman–Crippen LogP) is 2.40. The molecule has 100 valence electrons. The zero-order chi connectivity index (χ0) is 13.2. The van der Waals surface area contributed by atoms with Gasteiger partial charge in [-0.25, -0.2) is 0 Å². The highest BCUT2D eigenvalue weighted by molar-refractivity contribution is 5.92. The van der Waals surface area contributed by atoms with Crippen molar-refractivity contribution in [1.82, 2.24) is 10.9 Å². The van der Waals surface area contributed by atoms with Crippen molar-refractivity contribution >= 4 is 11.8 Å². The van der Waals surface area contributed by atoms with Crippen LogP contribution in [0.25, 0.3) is 0 Å². The first-order valence-corrected chi connectivity index (χ1v) is 6.36. The second-order valence-corrected chi connectivity index (χ2v) is 4.14. The summed E-state index contributed by atoms with van der Waals surface area (Å²) < 4.78 is 4.89. The molecule has 0 spiro atoms. The molecule has 0 unspecified atom stereocenters. The third-order valence-electron chi connectivity index (χ3n) is 2.57. The van der Waals surface area contributed by atoms with Gasteiger partial charge in [-0.2, -0.15) is 0 Å². The Bertz CT molecular complexity index is 360. The third kappa shape index (κ3) is 5.52. The van der Waals surface area contributed by atoms with Crippen LogP contribution in [-0.2, 0) is 4.79 Å². The summed E-state index contributed by atoms with van der Waals surface area (Å²) in [5, 5.41) is 0. The molecule has 5 heteroatoms. The van der Waals surface area contributed by atoms with Gasteiger partial charge in [0.15, 0.2) is 5.76 Å². The maximum atomic E-state index is 11.4. The van der Waals surface area contributed by atoms with Crippen LogP contribution in [0.5, 0.6) is 0 Å². The molecule has 1 heterocycles. The average molecular weight is 252 g/mol. The number of hydrogen-bond acceptors (Lipinski definition) is 3. The quantitative estimate of drug-likeness (QED) is 0.578. The van der Waals surface area contributed by atoms with Crippen LogP contribution in [0.3, 0.4) is 0 Å². The monoisotopic (exact) mass is 252 g/mol. The van der Waals surface area contributed by atoms with Crippen molar-refractivity contribution in [2.45, 2.75) is 45.4 Å². The van der Waals surface area contributed by atoms with Crippen molar-refractivity contribution in [3.63, 3.8) is 0 Å². The molecule has 0 aliphatic heterocycles. The van der Waals surface area contributed by atoms with Crippen LogP contribution in [0, 0.1) is 0 Å². The molecular weight excluding hydrogens is 232 g/mol. The highest BCUT2D eigenvalue weighted by Crippen LogP contribution is 2.04. The Labute approximate surface area is 107 Å². The topological polar surface area (TPSA) is 71.3 Å². The van der Waals surface area contributed by atoms with Crippen LogP contribution in [0.1, 0.15) is 56.0 Å². The third-order valence-corrected chi connectivity index (χ3v) is 2.57. The molecule has 1 rings (SSSR count). The Kier molecular flexibility index (Phi) is 6.61. The molecule has 0 aliphatic rings. The molecule has 0 bridgehead atoms. The Morgan fingerprint density at radius 2 is 1.94 bits per heavy atom. The summed E-state index contributed by atoms with van der Waals surface area (Å²) >= 11 is 0. The van der Waals surface area contributed by atoms with Crippen LogP contribution in [0.2, 0.25) is 0 Å².